The number of anilines is 1. The number of nitrogens with zero attached hydrogens (tertiary/aromatic N) is 4. The minimum Gasteiger partial charge on any atom is -0.490 e. The van der Waals surface area contributed by atoms with Crippen molar-refractivity contribution >= 4 is 30.3 Å². The Kier molecular flexibility index (Phi) is 10.5. The van der Waals surface area contributed by atoms with Crippen molar-refractivity contribution in [2.45, 2.75) is 44.8 Å². The number of carbonyl (C=O) groups is 4. The molecule has 1 fully saturated rings. The number of carbonyl (C=O) groups excluding carboxylic acids is 4. The van der Waals surface area contributed by atoms with Crippen LogP contribution in [-0.2, 0) is 14.4 Å². The number of piperidine rings is 1. The van der Waals surface area contributed by atoms with E-state index < -0.39 is 17.9 Å². The monoisotopic (exact) mass is 527 g/mol. The summed E-state index contributed by atoms with van der Waals surface area (Å²) in [5, 5.41) is 20.3. The highest BCUT2D eigenvalue weighted by molar-refractivity contribution is 6.04. The molecular formula is C26H33N5O7. The van der Waals surface area contributed by atoms with Gasteiger partial charge in [0.2, 0.25) is 12.3 Å². The first-order chi connectivity index (χ1) is 18.4. The summed E-state index contributed by atoms with van der Waals surface area (Å²) < 4.78 is 11.5. The summed E-state index contributed by atoms with van der Waals surface area (Å²) in [5.41, 5.74) is 0.794. The van der Waals surface area contributed by atoms with E-state index in [-0.39, 0.29) is 37.7 Å². The summed E-state index contributed by atoms with van der Waals surface area (Å²) in [6.07, 6.45) is 3.55. The van der Waals surface area contributed by atoms with Gasteiger partial charge >= 0.3 is 0 Å². The van der Waals surface area contributed by atoms with E-state index in [0.717, 1.165) is 4.90 Å². The normalized spacial score (nSPS) is 14.3. The van der Waals surface area contributed by atoms with Crippen molar-refractivity contribution in [2.24, 2.45) is 0 Å². The van der Waals surface area contributed by atoms with Crippen LogP contribution in [0.1, 0.15) is 41.6 Å². The van der Waals surface area contributed by atoms with Gasteiger partial charge in [-0.2, -0.15) is 5.10 Å². The second-order valence-corrected chi connectivity index (χ2v) is 8.83. The predicted octanol–water partition coefficient (Wildman–Crippen LogP) is 0.896. The Balaban J connectivity index is 1.60. The summed E-state index contributed by atoms with van der Waals surface area (Å²) in [5.74, 6) is 0.389. The lowest BCUT2D eigenvalue weighted by Crippen LogP contribution is -2.48. The van der Waals surface area contributed by atoms with E-state index in [1.165, 1.54) is 19.3 Å². The first-order valence-electron chi connectivity index (χ1n) is 12.4. The van der Waals surface area contributed by atoms with E-state index in [0.29, 0.717) is 61.5 Å². The Hall–Kier alpha value is -4.06. The second kappa shape index (κ2) is 14.0. The van der Waals surface area contributed by atoms with E-state index in [1.54, 1.807) is 25.1 Å². The quantitative estimate of drug-likeness (QED) is 0.284. The van der Waals surface area contributed by atoms with Crippen LogP contribution in [0.5, 0.6) is 11.5 Å². The van der Waals surface area contributed by atoms with Gasteiger partial charge in [0.05, 0.1) is 12.3 Å². The lowest BCUT2D eigenvalue weighted by Gasteiger charge is -2.30. The number of hydrogen-bond donors (Lipinski definition) is 2. The van der Waals surface area contributed by atoms with Crippen LogP contribution in [0, 0.1) is 6.92 Å². The number of aldehydes is 1. The first-order valence-corrected chi connectivity index (χ1v) is 12.4. The number of imide groups is 1. The molecule has 2 N–H and O–H groups in total. The highest BCUT2D eigenvalue weighted by Gasteiger charge is 2.30. The molecule has 38 heavy (non-hydrogen) atoms. The molecule has 0 aliphatic carbocycles. The van der Waals surface area contributed by atoms with Crippen molar-refractivity contribution in [1.82, 2.24) is 20.4 Å². The number of likely N-dealkylation sites (N-methyl/N-ethyl adjacent to an activating group) is 1. The van der Waals surface area contributed by atoms with E-state index in [1.807, 2.05) is 4.90 Å². The molecule has 2 heterocycles. The van der Waals surface area contributed by atoms with Crippen molar-refractivity contribution in [3.05, 3.63) is 41.6 Å². The number of amides is 3. The van der Waals surface area contributed by atoms with Gasteiger partial charge in [-0.3, -0.25) is 19.3 Å². The first kappa shape index (κ1) is 28.5. The second-order valence-electron chi connectivity index (χ2n) is 8.83. The lowest BCUT2D eigenvalue weighted by atomic mass is 10.0. The maximum absolute atomic E-state index is 13.2. The molecule has 1 aromatic heterocycles. The smallest absolute Gasteiger partial charge is 0.261 e. The van der Waals surface area contributed by atoms with Crippen LogP contribution in [0.3, 0.4) is 0 Å². The highest BCUT2D eigenvalue weighted by Crippen LogP contribution is 2.22. The number of nitrogens with one attached hydrogen (secondary N) is 1. The Morgan fingerprint density at radius 2 is 1.89 bits per heavy atom. The Morgan fingerprint density at radius 1 is 1.18 bits per heavy atom. The van der Waals surface area contributed by atoms with Crippen LogP contribution >= 0.6 is 0 Å². The highest BCUT2D eigenvalue weighted by atomic mass is 16.5. The zero-order valence-electron chi connectivity index (χ0n) is 21.5. The molecule has 12 heteroatoms. The molecule has 0 bridgehead atoms. The number of aromatic nitrogens is 2. The molecule has 1 atom stereocenters. The molecule has 1 aliphatic rings. The van der Waals surface area contributed by atoms with Gasteiger partial charge in [-0.05, 0) is 43.9 Å². The van der Waals surface area contributed by atoms with Crippen LogP contribution < -0.4 is 19.7 Å². The number of ether oxygens (including phenoxy) is 2. The molecule has 1 aliphatic heterocycles. The van der Waals surface area contributed by atoms with Gasteiger partial charge in [-0.1, -0.05) is 6.07 Å². The average Bonchev–Trinajstić information content (AvgIpc) is 2.94. The lowest BCUT2D eigenvalue weighted by molar-refractivity contribution is -0.131. The van der Waals surface area contributed by atoms with Crippen molar-refractivity contribution in [1.29, 1.82) is 0 Å². The topological polar surface area (TPSA) is 151 Å². The molecule has 2 aromatic rings. The van der Waals surface area contributed by atoms with Crippen LogP contribution in [0.25, 0.3) is 0 Å². The molecule has 204 valence electrons. The van der Waals surface area contributed by atoms with Crippen LogP contribution in [0.15, 0.2) is 30.5 Å². The third-order valence-corrected chi connectivity index (χ3v) is 6.26. The largest absolute Gasteiger partial charge is 0.490 e. The molecule has 3 amide bonds. The van der Waals surface area contributed by atoms with Crippen molar-refractivity contribution in [2.75, 3.05) is 38.3 Å². The summed E-state index contributed by atoms with van der Waals surface area (Å²) in [6, 6.07) is 5.56. The zero-order chi connectivity index (χ0) is 27.5. The minimum atomic E-state index is -1.11. The molecule has 12 nitrogen and oxygen atoms in total. The summed E-state index contributed by atoms with van der Waals surface area (Å²) in [6.45, 7) is 3.47. The van der Waals surface area contributed by atoms with Gasteiger partial charge < -0.3 is 29.6 Å². The van der Waals surface area contributed by atoms with Crippen LogP contribution in [0.2, 0.25) is 0 Å². The Bertz CT molecular complexity index is 1120. The number of aliphatic hydroxyl groups is 1. The van der Waals surface area contributed by atoms with Gasteiger partial charge in [-0.15, -0.1) is 5.10 Å². The SMILES string of the molecule is CNC(=O)C(CCC=O)N(C=O)C(=O)c1cc(OCCOc2cnnc(N3CCC(O)CC3)c2)ccc1C. The van der Waals surface area contributed by atoms with Gasteiger partial charge in [0, 0.05) is 38.2 Å². The molecule has 1 unspecified atom stereocenters. The number of aryl methyl sites for hydroxylation is 1. The Labute approximate surface area is 220 Å². The average molecular weight is 528 g/mol. The number of aliphatic hydroxyl groups excluding tert-OH is 1. The van der Waals surface area contributed by atoms with Gasteiger partial charge in [0.15, 0.2) is 5.82 Å². The summed E-state index contributed by atoms with van der Waals surface area (Å²) in [7, 11) is 1.40. The van der Waals surface area contributed by atoms with Crippen molar-refractivity contribution in [3.8, 4) is 11.5 Å². The molecule has 0 radical (unpaired) electrons. The fourth-order valence-electron chi connectivity index (χ4n) is 4.10. The molecule has 3 rings (SSSR count). The molecule has 1 aromatic carbocycles. The maximum Gasteiger partial charge on any atom is 0.261 e. The third kappa shape index (κ3) is 7.48. The zero-order valence-corrected chi connectivity index (χ0v) is 21.5. The third-order valence-electron chi connectivity index (χ3n) is 6.26. The van der Waals surface area contributed by atoms with E-state index >= 15 is 0 Å². The number of rotatable bonds is 13. The fraction of sp³-hybridized carbons (Fsp3) is 0.462. The van der Waals surface area contributed by atoms with Crippen LogP contribution in [0.4, 0.5) is 5.82 Å². The predicted molar refractivity (Wildman–Crippen MR) is 137 cm³/mol. The summed E-state index contributed by atoms with van der Waals surface area (Å²) in [4.78, 5) is 50.9. The maximum atomic E-state index is 13.2. The van der Waals surface area contributed by atoms with Gasteiger partial charge in [0.25, 0.3) is 5.91 Å². The van der Waals surface area contributed by atoms with Gasteiger partial charge in [0.1, 0.15) is 37.0 Å². The number of benzene rings is 1. The minimum absolute atomic E-state index is 0.0194. The van der Waals surface area contributed by atoms with Gasteiger partial charge in [-0.25, -0.2) is 0 Å². The van der Waals surface area contributed by atoms with E-state index in [9.17, 15) is 24.3 Å². The molecule has 0 saturated carbocycles. The van der Waals surface area contributed by atoms with Crippen LogP contribution in [-0.4, -0.2) is 90.2 Å². The van der Waals surface area contributed by atoms with Crippen molar-refractivity contribution < 1.29 is 33.8 Å². The van der Waals surface area contributed by atoms with Crippen molar-refractivity contribution in [3.63, 3.8) is 0 Å². The molecular weight excluding hydrogens is 494 g/mol. The van der Waals surface area contributed by atoms with E-state index in [4.69, 9.17) is 9.47 Å². The standard InChI is InChI=1S/C26H33N5O7/c1-18-5-6-20(14-22(18)26(36)31(17-33)23(4-3-11-32)25(35)27-2)37-12-13-38-21-15-24(29-28-16-21)30-9-7-19(34)8-10-30/h5-6,11,14-17,19,23,34H,3-4,7-10,12-13H2,1-2H3,(H,27,35). The van der Waals surface area contributed by atoms with E-state index in [2.05, 4.69) is 15.5 Å². The molecule has 1 saturated heterocycles. The summed E-state index contributed by atoms with van der Waals surface area (Å²) >= 11 is 0. The molecule has 0 spiro atoms. The number of hydrogen-bond acceptors (Lipinski definition) is 10. The Morgan fingerprint density at radius 3 is 2.55 bits per heavy atom. The fourth-order valence-corrected chi connectivity index (χ4v) is 4.10.